The fourth-order valence-corrected chi connectivity index (χ4v) is 3.64. The SMILES string of the molecule is CC1CCCN(c2cnnc(N3CCc4ccccc4C3)n2)C1. The maximum atomic E-state index is 4.81. The fraction of sp³-hybridized carbons (Fsp3) is 0.500. The quantitative estimate of drug-likeness (QED) is 0.853. The Morgan fingerprint density at radius 3 is 2.83 bits per heavy atom. The van der Waals surface area contributed by atoms with E-state index in [0.29, 0.717) is 0 Å². The van der Waals surface area contributed by atoms with Crippen LogP contribution in [0.4, 0.5) is 11.8 Å². The summed E-state index contributed by atoms with van der Waals surface area (Å²) in [6, 6.07) is 8.64. The normalized spacial score (nSPS) is 21.2. The molecule has 1 atom stereocenters. The van der Waals surface area contributed by atoms with E-state index in [2.05, 4.69) is 51.2 Å². The van der Waals surface area contributed by atoms with Gasteiger partial charge in [0, 0.05) is 26.2 Å². The summed E-state index contributed by atoms with van der Waals surface area (Å²) in [4.78, 5) is 9.40. The summed E-state index contributed by atoms with van der Waals surface area (Å²) in [6.07, 6.45) is 5.40. The van der Waals surface area contributed by atoms with Crippen LogP contribution in [0.1, 0.15) is 30.9 Å². The van der Waals surface area contributed by atoms with Crippen molar-refractivity contribution in [3.05, 3.63) is 41.6 Å². The van der Waals surface area contributed by atoms with Crippen LogP contribution in [0.2, 0.25) is 0 Å². The van der Waals surface area contributed by atoms with Crippen molar-refractivity contribution in [2.75, 3.05) is 29.4 Å². The van der Waals surface area contributed by atoms with Crippen molar-refractivity contribution >= 4 is 11.8 Å². The van der Waals surface area contributed by atoms with Gasteiger partial charge in [-0.05, 0) is 36.3 Å². The van der Waals surface area contributed by atoms with E-state index in [4.69, 9.17) is 4.98 Å². The second-order valence-electron chi connectivity index (χ2n) is 6.75. The van der Waals surface area contributed by atoms with Gasteiger partial charge in [-0.2, -0.15) is 10.1 Å². The highest BCUT2D eigenvalue weighted by atomic mass is 15.3. The molecule has 5 nitrogen and oxygen atoms in total. The van der Waals surface area contributed by atoms with Gasteiger partial charge in [0.1, 0.15) is 0 Å². The van der Waals surface area contributed by atoms with Crippen molar-refractivity contribution in [2.45, 2.75) is 32.7 Å². The lowest BCUT2D eigenvalue weighted by atomic mass is 10.0. The van der Waals surface area contributed by atoms with E-state index in [1.807, 2.05) is 0 Å². The molecule has 1 unspecified atom stereocenters. The highest BCUT2D eigenvalue weighted by molar-refractivity contribution is 5.44. The van der Waals surface area contributed by atoms with Gasteiger partial charge in [-0.15, -0.1) is 5.10 Å². The molecule has 4 rings (SSSR count). The van der Waals surface area contributed by atoms with E-state index in [-0.39, 0.29) is 0 Å². The average Bonchev–Trinajstić information content (AvgIpc) is 2.61. The molecule has 0 radical (unpaired) electrons. The van der Waals surface area contributed by atoms with E-state index in [0.717, 1.165) is 50.3 Å². The van der Waals surface area contributed by atoms with Crippen LogP contribution in [0, 0.1) is 5.92 Å². The van der Waals surface area contributed by atoms with Crippen LogP contribution >= 0.6 is 0 Å². The number of hydrogen-bond donors (Lipinski definition) is 0. The first-order valence-electron chi connectivity index (χ1n) is 8.56. The molecule has 1 aromatic carbocycles. The Labute approximate surface area is 137 Å². The smallest absolute Gasteiger partial charge is 0.247 e. The summed E-state index contributed by atoms with van der Waals surface area (Å²) in [5.74, 6) is 2.46. The van der Waals surface area contributed by atoms with Gasteiger partial charge in [0.05, 0.1) is 6.20 Å². The number of rotatable bonds is 2. The predicted octanol–water partition coefficient (Wildman–Crippen LogP) is 2.67. The molecule has 0 aliphatic carbocycles. The molecular formula is C18H23N5. The number of piperidine rings is 1. The molecule has 23 heavy (non-hydrogen) atoms. The minimum Gasteiger partial charge on any atom is -0.355 e. The lowest BCUT2D eigenvalue weighted by molar-refractivity contribution is 0.444. The molecule has 0 bridgehead atoms. The summed E-state index contributed by atoms with van der Waals surface area (Å²) in [5.41, 5.74) is 2.82. The Balaban J connectivity index is 1.55. The Morgan fingerprint density at radius 1 is 1.09 bits per heavy atom. The van der Waals surface area contributed by atoms with Crippen LogP contribution in [0.5, 0.6) is 0 Å². The number of fused-ring (bicyclic) bond motifs is 1. The highest BCUT2D eigenvalue weighted by Gasteiger charge is 2.21. The Morgan fingerprint density at radius 2 is 1.96 bits per heavy atom. The van der Waals surface area contributed by atoms with Crippen molar-refractivity contribution in [2.24, 2.45) is 5.92 Å². The number of nitrogens with zero attached hydrogens (tertiary/aromatic N) is 5. The molecule has 5 heteroatoms. The predicted molar refractivity (Wildman–Crippen MR) is 91.6 cm³/mol. The molecule has 2 aromatic rings. The van der Waals surface area contributed by atoms with Crippen molar-refractivity contribution < 1.29 is 0 Å². The third kappa shape index (κ3) is 3.00. The van der Waals surface area contributed by atoms with Crippen molar-refractivity contribution in [1.82, 2.24) is 15.2 Å². The number of hydrogen-bond acceptors (Lipinski definition) is 5. The first kappa shape index (κ1) is 14.4. The van der Waals surface area contributed by atoms with E-state index in [1.165, 1.54) is 24.0 Å². The second-order valence-corrected chi connectivity index (χ2v) is 6.75. The molecule has 0 saturated carbocycles. The zero-order chi connectivity index (χ0) is 15.6. The van der Waals surface area contributed by atoms with Gasteiger partial charge in [-0.3, -0.25) is 0 Å². The maximum Gasteiger partial charge on any atom is 0.247 e. The van der Waals surface area contributed by atoms with Gasteiger partial charge in [-0.1, -0.05) is 31.2 Å². The lowest BCUT2D eigenvalue weighted by Gasteiger charge is -2.33. The summed E-state index contributed by atoms with van der Waals surface area (Å²) < 4.78 is 0. The summed E-state index contributed by atoms with van der Waals surface area (Å²) in [5, 5.41) is 8.51. The van der Waals surface area contributed by atoms with E-state index in [1.54, 1.807) is 6.20 Å². The van der Waals surface area contributed by atoms with Crippen LogP contribution in [0.3, 0.4) is 0 Å². The standard InChI is InChI=1S/C18H23N5/c1-14-5-4-9-22(12-14)17-11-19-21-18(20-17)23-10-8-15-6-2-3-7-16(15)13-23/h2-3,6-7,11,14H,4-5,8-10,12-13H2,1H3. The van der Waals surface area contributed by atoms with Crippen LogP contribution in [0.25, 0.3) is 0 Å². The lowest BCUT2D eigenvalue weighted by Crippen LogP contribution is -2.36. The monoisotopic (exact) mass is 309 g/mol. The molecule has 1 saturated heterocycles. The minimum atomic E-state index is 0.726. The fourth-order valence-electron chi connectivity index (χ4n) is 3.64. The summed E-state index contributed by atoms with van der Waals surface area (Å²) >= 11 is 0. The molecule has 0 amide bonds. The van der Waals surface area contributed by atoms with Gasteiger partial charge in [-0.25, -0.2) is 0 Å². The van der Waals surface area contributed by atoms with Crippen LogP contribution < -0.4 is 9.80 Å². The van der Waals surface area contributed by atoms with Gasteiger partial charge in [0.2, 0.25) is 5.95 Å². The molecule has 2 aliphatic heterocycles. The van der Waals surface area contributed by atoms with Crippen LogP contribution in [0.15, 0.2) is 30.5 Å². The molecule has 1 fully saturated rings. The van der Waals surface area contributed by atoms with Crippen molar-refractivity contribution in [3.8, 4) is 0 Å². The highest BCUT2D eigenvalue weighted by Crippen LogP contribution is 2.24. The summed E-state index contributed by atoms with van der Waals surface area (Å²) in [7, 11) is 0. The van der Waals surface area contributed by atoms with Gasteiger partial charge in [0.15, 0.2) is 5.82 Å². The minimum absolute atomic E-state index is 0.726. The molecule has 2 aliphatic rings. The second kappa shape index (κ2) is 6.14. The van der Waals surface area contributed by atoms with Gasteiger partial charge in [0.25, 0.3) is 0 Å². The van der Waals surface area contributed by atoms with Crippen molar-refractivity contribution in [1.29, 1.82) is 0 Å². The molecule has 120 valence electrons. The maximum absolute atomic E-state index is 4.81. The Bertz CT molecular complexity index is 687. The van der Waals surface area contributed by atoms with E-state index >= 15 is 0 Å². The van der Waals surface area contributed by atoms with Crippen LogP contribution in [-0.4, -0.2) is 34.8 Å². The topological polar surface area (TPSA) is 45.2 Å². The molecular weight excluding hydrogens is 286 g/mol. The third-order valence-electron chi connectivity index (χ3n) is 4.93. The van der Waals surface area contributed by atoms with E-state index < -0.39 is 0 Å². The average molecular weight is 309 g/mol. The van der Waals surface area contributed by atoms with E-state index in [9.17, 15) is 0 Å². The van der Waals surface area contributed by atoms with Crippen molar-refractivity contribution in [3.63, 3.8) is 0 Å². The third-order valence-corrected chi connectivity index (χ3v) is 4.93. The first-order chi connectivity index (χ1) is 11.3. The summed E-state index contributed by atoms with van der Waals surface area (Å²) in [6.45, 7) is 6.28. The number of anilines is 2. The molecule has 3 heterocycles. The number of benzene rings is 1. The molecule has 1 aromatic heterocycles. The zero-order valence-electron chi connectivity index (χ0n) is 13.6. The Hall–Kier alpha value is -2.17. The molecule has 0 spiro atoms. The van der Waals surface area contributed by atoms with Gasteiger partial charge >= 0.3 is 0 Å². The van der Waals surface area contributed by atoms with Crippen LogP contribution in [-0.2, 0) is 13.0 Å². The Kier molecular flexibility index (Phi) is 3.85. The zero-order valence-corrected chi connectivity index (χ0v) is 13.6. The number of aromatic nitrogens is 3. The van der Waals surface area contributed by atoms with Gasteiger partial charge < -0.3 is 9.80 Å². The largest absolute Gasteiger partial charge is 0.355 e. The first-order valence-corrected chi connectivity index (χ1v) is 8.56. The molecule has 0 N–H and O–H groups in total.